The third kappa shape index (κ3) is 3.09. The van der Waals surface area contributed by atoms with Crippen molar-refractivity contribution in [3.05, 3.63) is 0 Å². The van der Waals surface area contributed by atoms with Crippen LogP contribution in [0.2, 0.25) is 0 Å². The fourth-order valence-electron chi connectivity index (χ4n) is 3.01. The summed E-state index contributed by atoms with van der Waals surface area (Å²) in [4.78, 5) is 12.0. The lowest BCUT2D eigenvalue weighted by atomic mass is 9.84. The predicted octanol–water partition coefficient (Wildman–Crippen LogP) is 1.20. The Labute approximate surface area is 116 Å². The van der Waals surface area contributed by atoms with Gasteiger partial charge >= 0.3 is 6.18 Å². The molecule has 1 saturated carbocycles. The number of aliphatic hydroxyl groups is 1. The van der Waals surface area contributed by atoms with E-state index < -0.39 is 17.5 Å². The highest BCUT2D eigenvalue weighted by molar-refractivity contribution is 5.84. The van der Waals surface area contributed by atoms with Crippen LogP contribution >= 0.6 is 0 Å². The van der Waals surface area contributed by atoms with Crippen LogP contribution in [-0.4, -0.2) is 42.9 Å². The summed E-state index contributed by atoms with van der Waals surface area (Å²) in [5.74, 6) is -0.747. The summed E-state index contributed by atoms with van der Waals surface area (Å²) in [7, 11) is 0. The Balaban J connectivity index is 1.90. The molecule has 1 atom stereocenters. The number of alkyl halides is 3. The molecule has 0 aromatic rings. The highest BCUT2D eigenvalue weighted by atomic mass is 19.4. The Bertz CT molecular complexity index is 346. The number of hydrogen-bond donors (Lipinski definition) is 3. The first-order valence-corrected chi connectivity index (χ1v) is 7.09. The molecular weight excluding hydrogens is 273 g/mol. The summed E-state index contributed by atoms with van der Waals surface area (Å²) < 4.78 is 39.4. The molecule has 0 aromatic heterocycles. The first kappa shape index (κ1) is 15.6. The number of hydrogen-bond acceptors (Lipinski definition) is 3. The molecule has 2 fully saturated rings. The summed E-state index contributed by atoms with van der Waals surface area (Å²) in [6, 6.07) is 0. The maximum absolute atomic E-state index is 13.1. The minimum atomic E-state index is -4.52. The van der Waals surface area contributed by atoms with Gasteiger partial charge in [0.05, 0.1) is 6.10 Å². The third-order valence-electron chi connectivity index (χ3n) is 4.50. The van der Waals surface area contributed by atoms with Crippen molar-refractivity contribution in [2.24, 2.45) is 11.3 Å². The molecule has 1 aliphatic heterocycles. The molecule has 2 rings (SSSR count). The van der Waals surface area contributed by atoms with Crippen molar-refractivity contribution in [3.63, 3.8) is 0 Å². The van der Waals surface area contributed by atoms with E-state index in [4.69, 9.17) is 0 Å². The summed E-state index contributed by atoms with van der Waals surface area (Å²) in [5, 5.41) is 14.5. The Morgan fingerprint density at radius 1 is 1.30 bits per heavy atom. The molecule has 20 heavy (non-hydrogen) atoms. The van der Waals surface area contributed by atoms with E-state index in [1.54, 1.807) is 0 Å². The van der Waals surface area contributed by atoms with Gasteiger partial charge in [-0.05, 0) is 44.6 Å². The molecule has 0 bridgehead atoms. The number of rotatable bonds is 3. The van der Waals surface area contributed by atoms with Crippen molar-refractivity contribution in [3.8, 4) is 0 Å². The topological polar surface area (TPSA) is 61.4 Å². The van der Waals surface area contributed by atoms with Crippen molar-refractivity contribution in [1.29, 1.82) is 0 Å². The van der Waals surface area contributed by atoms with Crippen LogP contribution in [0.1, 0.15) is 32.1 Å². The number of halogens is 3. The maximum Gasteiger partial charge on any atom is 0.404 e. The normalized spacial score (nSPS) is 35.0. The van der Waals surface area contributed by atoms with Crippen LogP contribution in [0.5, 0.6) is 0 Å². The smallest absolute Gasteiger partial charge is 0.393 e. The van der Waals surface area contributed by atoms with E-state index in [9.17, 15) is 23.1 Å². The van der Waals surface area contributed by atoms with Gasteiger partial charge in [-0.1, -0.05) is 0 Å². The fraction of sp³-hybridized carbons (Fsp3) is 0.923. The summed E-state index contributed by atoms with van der Waals surface area (Å²) >= 11 is 0. The number of nitrogens with one attached hydrogen (secondary N) is 2. The Morgan fingerprint density at radius 2 is 1.95 bits per heavy atom. The molecule has 4 nitrogen and oxygen atoms in total. The zero-order valence-electron chi connectivity index (χ0n) is 11.3. The molecule has 3 N–H and O–H groups in total. The van der Waals surface area contributed by atoms with Gasteiger partial charge in [0, 0.05) is 13.1 Å². The van der Waals surface area contributed by atoms with Gasteiger partial charge in [-0.15, -0.1) is 0 Å². The average Bonchev–Trinajstić information content (AvgIpc) is 2.88. The monoisotopic (exact) mass is 294 g/mol. The number of carbonyl (C=O) groups excluding carboxylic acids is 1. The van der Waals surface area contributed by atoms with Gasteiger partial charge in [-0.2, -0.15) is 13.2 Å². The minimum Gasteiger partial charge on any atom is -0.393 e. The molecule has 0 aromatic carbocycles. The van der Waals surface area contributed by atoms with E-state index in [0.717, 1.165) is 12.8 Å². The van der Waals surface area contributed by atoms with Crippen LogP contribution in [0, 0.1) is 11.3 Å². The lowest BCUT2D eigenvalue weighted by Crippen LogP contribution is -2.53. The van der Waals surface area contributed by atoms with Crippen LogP contribution in [0.25, 0.3) is 0 Å². The number of carbonyl (C=O) groups is 1. The fourth-order valence-corrected chi connectivity index (χ4v) is 3.01. The highest BCUT2D eigenvalue weighted by Crippen LogP contribution is 2.43. The Hall–Kier alpha value is -0.820. The number of amides is 1. The maximum atomic E-state index is 13.1. The predicted molar refractivity (Wildman–Crippen MR) is 66.9 cm³/mol. The molecule has 0 radical (unpaired) electrons. The molecule has 116 valence electrons. The van der Waals surface area contributed by atoms with E-state index in [1.807, 2.05) is 0 Å². The van der Waals surface area contributed by atoms with Crippen LogP contribution < -0.4 is 10.6 Å². The molecule has 1 aliphatic carbocycles. The van der Waals surface area contributed by atoms with Gasteiger partial charge in [0.2, 0.25) is 5.91 Å². The molecule has 1 amide bonds. The molecule has 0 spiro atoms. The summed E-state index contributed by atoms with van der Waals surface area (Å²) in [6.07, 6.45) is -2.21. The van der Waals surface area contributed by atoms with E-state index >= 15 is 0 Å². The lowest BCUT2D eigenvalue weighted by molar-refractivity contribution is -0.216. The largest absolute Gasteiger partial charge is 0.404 e. The summed E-state index contributed by atoms with van der Waals surface area (Å²) in [6.45, 7) is 0.137. The van der Waals surface area contributed by atoms with Crippen molar-refractivity contribution < 1.29 is 23.1 Å². The molecule has 2 aliphatic rings. The minimum absolute atomic E-state index is 0.169. The van der Waals surface area contributed by atoms with Crippen LogP contribution in [0.3, 0.4) is 0 Å². The first-order valence-electron chi connectivity index (χ1n) is 7.09. The van der Waals surface area contributed by atoms with E-state index in [2.05, 4.69) is 10.6 Å². The average molecular weight is 294 g/mol. The van der Waals surface area contributed by atoms with Crippen LogP contribution in [0.15, 0.2) is 0 Å². The third-order valence-corrected chi connectivity index (χ3v) is 4.50. The highest BCUT2D eigenvalue weighted by Gasteiger charge is 2.61. The van der Waals surface area contributed by atoms with Crippen molar-refractivity contribution in [2.75, 3.05) is 19.6 Å². The quantitative estimate of drug-likeness (QED) is 0.733. The van der Waals surface area contributed by atoms with Gasteiger partial charge in [-0.3, -0.25) is 4.79 Å². The van der Waals surface area contributed by atoms with Gasteiger partial charge in [0.1, 0.15) is 0 Å². The molecular formula is C13H21F3N2O2. The van der Waals surface area contributed by atoms with E-state index in [-0.39, 0.29) is 38.1 Å². The number of aliphatic hydroxyl groups excluding tert-OH is 1. The van der Waals surface area contributed by atoms with Crippen molar-refractivity contribution >= 4 is 5.91 Å². The second-order valence-electron chi connectivity index (χ2n) is 5.89. The first-order chi connectivity index (χ1) is 9.35. The van der Waals surface area contributed by atoms with Crippen LogP contribution in [0.4, 0.5) is 13.2 Å². The van der Waals surface area contributed by atoms with Gasteiger partial charge in [-0.25, -0.2) is 0 Å². The Morgan fingerprint density at radius 3 is 2.45 bits per heavy atom. The Kier molecular flexibility index (Phi) is 4.59. The zero-order valence-corrected chi connectivity index (χ0v) is 11.3. The molecule has 7 heteroatoms. The SMILES string of the molecule is O=C(NCC1CCC(O)CC1)C1(C(F)(F)F)CCNC1. The molecule has 1 saturated heterocycles. The molecule has 1 heterocycles. The second-order valence-corrected chi connectivity index (χ2v) is 5.89. The van der Waals surface area contributed by atoms with Gasteiger partial charge < -0.3 is 15.7 Å². The van der Waals surface area contributed by atoms with Gasteiger partial charge in [0.25, 0.3) is 0 Å². The molecule has 1 unspecified atom stereocenters. The van der Waals surface area contributed by atoms with Crippen molar-refractivity contribution in [1.82, 2.24) is 10.6 Å². The standard InChI is InChI=1S/C13H21F3N2O2/c14-13(15,16)12(5-6-17-8-12)11(20)18-7-9-1-3-10(19)4-2-9/h9-10,17,19H,1-8H2,(H,18,20). The van der Waals surface area contributed by atoms with Crippen molar-refractivity contribution in [2.45, 2.75) is 44.4 Å². The van der Waals surface area contributed by atoms with E-state index in [0.29, 0.717) is 12.8 Å². The van der Waals surface area contributed by atoms with Gasteiger partial charge in [0.15, 0.2) is 5.41 Å². The lowest BCUT2D eigenvalue weighted by Gasteiger charge is -2.31. The summed E-state index contributed by atoms with van der Waals surface area (Å²) in [5.41, 5.74) is -2.28. The second kappa shape index (κ2) is 5.89. The zero-order chi connectivity index (χ0) is 14.8. The van der Waals surface area contributed by atoms with Crippen LogP contribution in [-0.2, 0) is 4.79 Å². The van der Waals surface area contributed by atoms with E-state index in [1.165, 1.54) is 0 Å².